The highest BCUT2D eigenvalue weighted by Crippen LogP contribution is 2.28. The number of ketones is 1. The number of Topliss-reactive ketones (excluding diaryl/α,β-unsaturated/α-hetero) is 1. The molecule has 0 radical (unpaired) electrons. The molecule has 7 heteroatoms. The second kappa shape index (κ2) is 25.7. The van der Waals surface area contributed by atoms with E-state index in [0.29, 0.717) is 26.4 Å². The number of ether oxygens (including phenoxy) is 4. The van der Waals surface area contributed by atoms with Crippen molar-refractivity contribution in [3.8, 4) is 0 Å². The summed E-state index contributed by atoms with van der Waals surface area (Å²) >= 11 is 0. The monoisotopic (exact) mass is 563 g/mol. The van der Waals surface area contributed by atoms with Crippen molar-refractivity contribution in [2.75, 3.05) is 73.9 Å². The van der Waals surface area contributed by atoms with Gasteiger partial charge in [0.15, 0.2) is 5.78 Å². The number of unbranched alkanes of at least 4 members (excludes halogenated alkanes) is 9. The highest BCUT2D eigenvalue weighted by molar-refractivity contribution is 5.76. The van der Waals surface area contributed by atoms with Crippen LogP contribution in [0.3, 0.4) is 0 Å². The Bertz CT molecular complexity index is 523. The second-order valence-electron chi connectivity index (χ2n) is 12.2. The van der Waals surface area contributed by atoms with Crippen molar-refractivity contribution in [2.24, 2.45) is 5.92 Å². The van der Waals surface area contributed by atoms with Crippen LogP contribution in [0, 0.1) is 5.92 Å². The van der Waals surface area contributed by atoms with Gasteiger partial charge in [-0.05, 0) is 19.3 Å². The predicted molar refractivity (Wildman–Crippen MR) is 153 cm³/mol. The van der Waals surface area contributed by atoms with E-state index >= 15 is 0 Å². The first-order chi connectivity index (χ1) is 17.9. The maximum absolute atomic E-state index is 11.3. The Labute approximate surface area is 241 Å². The third-order valence-electron chi connectivity index (χ3n) is 7.28. The number of quaternary nitrogens is 1. The Morgan fingerprint density at radius 2 is 1.24 bits per heavy atom. The van der Waals surface area contributed by atoms with Crippen LogP contribution in [-0.4, -0.2) is 90.3 Å². The fraction of sp³-hybridized carbons (Fsp3) is 0.968. The first-order valence-corrected chi connectivity index (χ1v) is 15.5. The van der Waals surface area contributed by atoms with Gasteiger partial charge in [-0.1, -0.05) is 96.3 Å². The van der Waals surface area contributed by atoms with Gasteiger partial charge < -0.3 is 35.8 Å². The van der Waals surface area contributed by atoms with E-state index in [-0.39, 0.29) is 30.9 Å². The average Bonchev–Trinajstić information content (AvgIpc) is 2.86. The van der Waals surface area contributed by atoms with Crippen molar-refractivity contribution in [2.45, 2.75) is 116 Å². The van der Waals surface area contributed by atoms with Crippen molar-refractivity contribution in [3.63, 3.8) is 0 Å². The number of nitrogens with zero attached hydrogens (tertiary/aromatic N) is 1. The van der Waals surface area contributed by atoms with E-state index in [2.05, 4.69) is 21.1 Å². The van der Waals surface area contributed by atoms with E-state index in [1.807, 2.05) is 0 Å². The molecule has 0 N–H and O–H groups in total. The van der Waals surface area contributed by atoms with Crippen molar-refractivity contribution in [1.29, 1.82) is 0 Å². The van der Waals surface area contributed by atoms with Gasteiger partial charge in [0.05, 0.1) is 54.2 Å². The number of carbonyl (C=O) groups is 1. The minimum atomic E-state index is -0.210. The van der Waals surface area contributed by atoms with E-state index in [1.54, 1.807) is 6.92 Å². The van der Waals surface area contributed by atoms with Crippen LogP contribution in [0.5, 0.6) is 0 Å². The third kappa shape index (κ3) is 26.0. The van der Waals surface area contributed by atoms with Gasteiger partial charge in [-0.15, -0.1) is 0 Å². The van der Waals surface area contributed by atoms with Crippen LogP contribution >= 0.6 is 0 Å². The lowest BCUT2D eigenvalue weighted by Gasteiger charge is -2.23. The van der Waals surface area contributed by atoms with Gasteiger partial charge in [0, 0.05) is 6.61 Å². The zero-order valence-electron chi connectivity index (χ0n) is 25.5. The molecular formula is C31H62ClNO5. The lowest BCUT2D eigenvalue weighted by atomic mass is 9.85. The second-order valence-corrected chi connectivity index (χ2v) is 12.2. The van der Waals surface area contributed by atoms with Crippen LogP contribution in [0.25, 0.3) is 0 Å². The molecule has 1 saturated carbocycles. The zero-order valence-corrected chi connectivity index (χ0v) is 26.2. The molecule has 1 aliphatic carbocycles. The molecule has 0 bridgehead atoms. The van der Waals surface area contributed by atoms with Crippen LogP contribution < -0.4 is 12.4 Å². The standard InChI is InChI=1S/C31H62NO5.ClH/c1-29(33)26-37-31(28-36-25-24-34-23-21-32(2,3)4)27-35-22-17-12-10-8-6-5-7-9-11-14-18-30-19-15-13-16-20-30;/h30-31H,5-28H2,1-4H3;1H/q+1;/p-1. The van der Waals surface area contributed by atoms with Crippen molar-refractivity contribution >= 4 is 5.78 Å². The molecule has 0 saturated heterocycles. The molecule has 1 unspecified atom stereocenters. The lowest BCUT2D eigenvalue weighted by Crippen LogP contribution is -3.00. The summed E-state index contributed by atoms with van der Waals surface area (Å²) in [5.74, 6) is 1.08. The summed E-state index contributed by atoms with van der Waals surface area (Å²) in [6.07, 6.45) is 22.2. The quantitative estimate of drug-likeness (QED) is 0.119. The maximum atomic E-state index is 11.3. The maximum Gasteiger partial charge on any atom is 0.155 e. The highest BCUT2D eigenvalue weighted by Gasteiger charge is 2.13. The van der Waals surface area contributed by atoms with E-state index in [0.717, 1.165) is 36.6 Å². The van der Waals surface area contributed by atoms with E-state index in [9.17, 15) is 4.79 Å². The van der Waals surface area contributed by atoms with Crippen molar-refractivity contribution in [3.05, 3.63) is 0 Å². The van der Waals surface area contributed by atoms with Crippen LogP contribution in [-0.2, 0) is 23.7 Å². The number of likely N-dealkylation sites (N-methyl/N-ethyl adjacent to an activating group) is 1. The third-order valence-corrected chi connectivity index (χ3v) is 7.28. The first kappa shape index (κ1) is 37.8. The van der Waals surface area contributed by atoms with E-state index in [1.165, 1.54) is 96.3 Å². The lowest BCUT2D eigenvalue weighted by molar-refractivity contribution is -0.870. The van der Waals surface area contributed by atoms with Crippen molar-refractivity contribution < 1.29 is 40.6 Å². The van der Waals surface area contributed by atoms with Crippen LogP contribution in [0.15, 0.2) is 0 Å². The Balaban J connectivity index is 0.0000137. The molecule has 38 heavy (non-hydrogen) atoms. The molecule has 0 aliphatic heterocycles. The summed E-state index contributed by atoms with van der Waals surface area (Å²) in [7, 11) is 6.45. The normalized spacial score (nSPS) is 15.4. The van der Waals surface area contributed by atoms with Gasteiger partial charge in [-0.3, -0.25) is 4.79 Å². The topological polar surface area (TPSA) is 54.0 Å². The molecule has 1 fully saturated rings. The summed E-state index contributed by atoms with van der Waals surface area (Å²) in [4.78, 5) is 11.3. The fourth-order valence-corrected chi connectivity index (χ4v) is 4.89. The Morgan fingerprint density at radius 1 is 0.711 bits per heavy atom. The average molecular weight is 564 g/mol. The smallest absolute Gasteiger partial charge is 0.155 e. The summed E-state index contributed by atoms with van der Waals surface area (Å²) in [6.45, 7) is 6.08. The van der Waals surface area contributed by atoms with Gasteiger partial charge in [-0.2, -0.15) is 0 Å². The van der Waals surface area contributed by atoms with Crippen molar-refractivity contribution in [1.82, 2.24) is 0 Å². The number of carbonyl (C=O) groups excluding carboxylic acids is 1. The molecule has 0 amide bonds. The fourth-order valence-electron chi connectivity index (χ4n) is 4.89. The molecule has 1 aliphatic rings. The van der Waals surface area contributed by atoms with Gasteiger partial charge in [-0.25, -0.2) is 0 Å². The molecule has 0 spiro atoms. The number of rotatable bonds is 26. The summed E-state index contributed by atoms with van der Waals surface area (Å²) in [5, 5.41) is 0. The van der Waals surface area contributed by atoms with E-state index < -0.39 is 0 Å². The first-order valence-electron chi connectivity index (χ1n) is 15.5. The molecular weight excluding hydrogens is 502 g/mol. The molecule has 1 rings (SSSR count). The number of hydrogen-bond acceptors (Lipinski definition) is 5. The molecule has 0 aromatic carbocycles. The molecule has 1 atom stereocenters. The zero-order chi connectivity index (χ0) is 27.0. The molecule has 0 heterocycles. The summed E-state index contributed by atoms with van der Waals surface area (Å²) in [6, 6.07) is 0. The van der Waals surface area contributed by atoms with Gasteiger partial charge in [0.2, 0.25) is 0 Å². The SMILES string of the molecule is CC(=O)COC(COCCCCCCCCCCCCC1CCCCC1)COCCOCC[N+](C)(C)C.[Cl-]. The number of hydrogen-bond donors (Lipinski definition) is 0. The number of halogens is 1. The predicted octanol–water partition coefficient (Wildman–Crippen LogP) is 3.59. The molecule has 0 aromatic rings. The Kier molecular flexibility index (Phi) is 25.5. The largest absolute Gasteiger partial charge is 1.00 e. The van der Waals surface area contributed by atoms with Gasteiger partial charge in [0.1, 0.15) is 19.3 Å². The van der Waals surface area contributed by atoms with Crippen LogP contribution in [0.1, 0.15) is 110 Å². The minimum Gasteiger partial charge on any atom is -1.00 e. The van der Waals surface area contributed by atoms with Crippen LogP contribution in [0.4, 0.5) is 0 Å². The minimum absolute atomic E-state index is 0. The Hall–Kier alpha value is -0.240. The van der Waals surface area contributed by atoms with E-state index in [4.69, 9.17) is 18.9 Å². The Morgan fingerprint density at radius 3 is 1.82 bits per heavy atom. The molecule has 6 nitrogen and oxygen atoms in total. The molecule has 0 aromatic heterocycles. The summed E-state index contributed by atoms with van der Waals surface area (Å²) < 4.78 is 23.7. The highest BCUT2D eigenvalue weighted by atomic mass is 35.5. The van der Waals surface area contributed by atoms with Crippen LogP contribution in [0.2, 0.25) is 0 Å². The van der Waals surface area contributed by atoms with Gasteiger partial charge in [0.25, 0.3) is 0 Å². The molecule has 228 valence electrons. The summed E-state index contributed by atoms with van der Waals surface area (Å²) in [5.41, 5.74) is 0. The van der Waals surface area contributed by atoms with Gasteiger partial charge >= 0.3 is 0 Å².